The summed E-state index contributed by atoms with van der Waals surface area (Å²) in [5.74, 6) is -1.46. The summed E-state index contributed by atoms with van der Waals surface area (Å²) in [7, 11) is 0. The topological polar surface area (TPSA) is 77.8 Å². The molecule has 29 heavy (non-hydrogen) atoms. The fourth-order valence-electron chi connectivity index (χ4n) is 3.39. The number of hydrogen-bond acceptors (Lipinski definition) is 3. The molecule has 1 aromatic rings. The minimum absolute atomic E-state index is 0.0365. The smallest absolute Gasteiger partial charge is 0.339 e. The molecule has 0 radical (unpaired) electrons. The van der Waals surface area contributed by atoms with E-state index in [0.717, 1.165) is 37.7 Å². The molecule has 0 aliphatic rings. The van der Waals surface area contributed by atoms with Crippen LogP contribution >= 0.6 is 0 Å². The second kappa shape index (κ2) is 13.1. The minimum atomic E-state index is -1.17. The molecule has 0 saturated heterocycles. The van der Waals surface area contributed by atoms with Crippen molar-refractivity contribution in [3.8, 4) is 11.5 Å². The van der Waals surface area contributed by atoms with Gasteiger partial charge in [0.2, 0.25) is 0 Å². The van der Waals surface area contributed by atoms with Crippen LogP contribution in [0.25, 0.3) is 0 Å². The fraction of sp³-hybridized carbons (Fsp3) is 0.560. The van der Waals surface area contributed by atoms with Crippen molar-refractivity contribution in [2.24, 2.45) is 0 Å². The zero-order valence-electron chi connectivity index (χ0n) is 18.6. The molecule has 1 aromatic carbocycles. The Labute approximate surface area is 176 Å². The summed E-state index contributed by atoms with van der Waals surface area (Å²) in [4.78, 5) is 11.6. The monoisotopic (exact) mass is 402 g/mol. The number of unbranched alkanes of at least 4 members (excludes halogenated alkanes) is 5. The van der Waals surface area contributed by atoms with Gasteiger partial charge < -0.3 is 15.3 Å². The molecule has 4 heteroatoms. The van der Waals surface area contributed by atoms with Gasteiger partial charge >= 0.3 is 5.97 Å². The van der Waals surface area contributed by atoms with Crippen molar-refractivity contribution in [1.82, 2.24) is 0 Å². The summed E-state index contributed by atoms with van der Waals surface area (Å²) in [6.07, 6.45) is 13.7. The van der Waals surface area contributed by atoms with Crippen LogP contribution in [0.1, 0.15) is 101 Å². The van der Waals surface area contributed by atoms with Crippen LogP contribution < -0.4 is 0 Å². The van der Waals surface area contributed by atoms with Crippen molar-refractivity contribution >= 4 is 5.97 Å². The van der Waals surface area contributed by atoms with Gasteiger partial charge in [0.05, 0.1) is 0 Å². The highest BCUT2D eigenvalue weighted by Crippen LogP contribution is 2.36. The van der Waals surface area contributed by atoms with E-state index in [2.05, 4.69) is 26.8 Å². The molecule has 0 saturated carbocycles. The van der Waals surface area contributed by atoms with Crippen LogP contribution in [0, 0.1) is 0 Å². The maximum Gasteiger partial charge on any atom is 0.339 e. The summed E-state index contributed by atoms with van der Waals surface area (Å²) in [5, 5.41) is 30.6. The summed E-state index contributed by atoms with van der Waals surface area (Å²) in [6, 6.07) is 1.42. The van der Waals surface area contributed by atoms with Crippen molar-refractivity contribution in [3.63, 3.8) is 0 Å². The number of phenols is 2. The Kier molecular flexibility index (Phi) is 11.2. The zero-order chi connectivity index (χ0) is 21.8. The van der Waals surface area contributed by atoms with E-state index < -0.39 is 5.97 Å². The number of allylic oxidation sites excluding steroid dienone is 4. The third-order valence-corrected chi connectivity index (χ3v) is 5.23. The normalized spacial score (nSPS) is 11.5. The maximum absolute atomic E-state index is 11.6. The number of carboxylic acids is 1. The van der Waals surface area contributed by atoms with Gasteiger partial charge in [0.25, 0.3) is 0 Å². The molecule has 1 rings (SSSR count). The summed E-state index contributed by atoms with van der Waals surface area (Å²) >= 11 is 0. The predicted molar refractivity (Wildman–Crippen MR) is 120 cm³/mol. The van der Waals surface area contributed by atoms with E-state index in [9.17, 15) is 20.1 Å². The van der Waals surface area contributed by atoms with E-state index in [-0.39, 0.29) is 17.1 Å². The molecule has 4 nitrogen and oxygen atoms in total. The lowest BCUT2D eigenvalue weighted by Gasteiger charge is -2.14. The van der Waals surface area contributed by atoms with Crippen molar-refractivity contribution in [3.05, 3.63) is 46.1 Å². The lowest BCUT2D eigenvalue weighted by Crippen LogP contribution is -2.03. The van der Waals surface area contributed by atoms with Crippen LogP contribution in [0.4, 0.5) is 0 Å². The second-order valence-electron chi connectivity index (χ2n) is 8.16. The van der Waals surface area contributed by atoms with Gasteiger partial charge in [-0.1, -0.05) is 62.3 Å². The van der Waals surface area contributed by atoms with Gasteiger partial charge in [0, 0.05) is 5.56 Å². The number of phenolic OH excluding ortho intramolecular Hbond substituents is 1. The Bertz CT molecular complexity index is 725. The average molecular weight is 403 g/mol. The standard InChI is InChI=1S/C25H38O4/c1-5-6-7-8-9-10-14-20-17-22(25(28)29)24(27)21(23(20)26)16-15-19(4)13-11-12-18(2)3/h12,15,17,26-27H,5-11,13-14,16H2,1-4H3,(H,28,29)/b19-15+. The molecular formula is C25H38O4. The fourth-order valence-corrected chi connectivity index (χ4v) is 3.39. The molecular weight excluding hydrogens is 364 g/mol. The van der Waals surface area contributed by atoms with Crippen LogP contribution in [-0.2, 0) is 12.8 Å². The Morgan fingerprint density at radius 3 is 2.24 bits per heavy atom. The minimum Gasteiger partial charge on any atom is -0.507 e. The first-order valence-corrected chi connectivity index (χ1v) is 10.9. The van der Waals surface area contributed by atoms with Crippen LogP contribution in [0.2, 0.25) is 0 Å². The van der Waals surface area contributed by atoms with E-state index in [1.54, 1.807) is 0 Å². The Balaban J connectivity index is 2.93. The van der Waals surface area contributed by atoms with Gasteiger partial charge in [-0.3, -0.25) is 0 Å². The van der Waals surface area contributed by atoms with Crippen molar-refractivity contribution in [2.45, 2.75) is 91.9 Å². The van der Waals surface area contributed by atoms with E-state index >= 15 is 0 Å². The second-order valence-corrected chi connectivity index (χ2v) is 8.16. The number of carboxylic acid groups (broad SMARTS) is 1. The maximum atomic E-state index is 11.6. The molecule has 0 bridgehead atoms. The van der Waals surface area contributed by atoms with Crippen LogP contribution in [0.5, 0.6) is 11.5 Å². The van der Waals surface area contributed by atoms with Gasteiger partial charge in [0.15, 0.2) is 0 Å². The highest BCUT2D eigenvalue weighted by molar-refractivity contribution is 5.92. The number of aryl methyl sites for hydroxylation is 1. The number of hydrogen-bond donors (Lipinski definition) is 3. The van der Waals surface area contributed by atoms with Gasteiger partial charge in [-0.2, -0.15) is 0 Å². The number of aromatic hydroxyl groups is 2. The first-order valence-electron chi connectivity index (χ1n) is 10.9. The van der Waals surface area contributed by atoms with Crippen molar-refractivity contribution < 1.29 is 20.1 Å². The Hall–Kier alpha value is -2.23. The SMILES string of the molecule is CCCCCCCCc1cc(C(=O)O)c(O)c(C/C=C(\C)CCC=C(C)C)c1O. The van der Waals surface area contributed by atoms with E-state index in [1.165, 1.54) is 30.9 Å². The lowest BCUT2D eigenvalue weighted by atomic mass is 9.95. The highest BCUT2D eigenvalue weighted by Gasteiger charge is 2.20. The first kappa shape index (κ1) is 24.8. The van der Waals surface area contributed by atoms with Gasteiger partial charge in [-0.25, -0.2) is 4.79 Å². The van der Waals surface area contributed by atoms with Crippen molar-refractivity contribution in [2.75, 3.05) is 0 Å². The molecule has 0 aromatic heterocycles. The third kappa shape index (κ3) is 8.76. The molecule has 0 fully saturated rings. The Morgan fingerprint density at radius 2 is 1.62 bits per heavy atom. The summed E-state index contributed by atoms with van der Waals surface area (Å²) < 4.78 is 0. The average Bonchev–Trinajstić information content (AvgIpc) is 2.65. The molecule has 0 amide bonds. The zero-order valence-corrected chi connectivity index (χ0v) is 18.6. The van der Waals surface area contributed by atoms with E-state index in [4.69, 9.17) is 0 Å². The molecule has 0 spiro atoms. The van der Waals surface area contributed by atoms with Crippen LogP contribution in [-0.4, -0.2) is 21.3 Å². The number of rotatable bonds is 13. The summed E-state index contributed by atoms with van der Waals surface area (Å²) in [6.45, 7) is 8.34. The number of aromatic carboxylic acids is 1. The quantitative estimate of drug-likeness (QED) is 0.247. The van der Waals surface area contributed by atoms with E-state index in [1.807, 2.05) is 13.0 Å². The van der Waals surface area contributed by atoms with Gasteiger partial charge in [-0.15, -0.1) is 0 Å². The number of carbonyl (C=O) groups is 1. The van der Waals surface area contributed by atoms with Crippen LogP contribution in [0.15, 0.2) is 29.4 Å². The van der Waals surface area contributed by atoms with E-state index in [0.29, 0.717) is 24.0 Å². The summed E-state index contributed by atoms with van der Waals surface area (Å²) in [5.41, 5.74) is 3.23. The Morgan fingerprint density at radius 1 is 0.966 bits per heavy atom. The van der Waals surface area contributed by atoms with Crippen LogP contribution in [0.3, 0.4) is 0 Å². The van der Waals surface area contributed by atoms with Crippen molar-refractivity contribution in [1.29, 1.82) is 0 Å². The molecule has 162 valence electrons. The molecule has 3 N–H and O–H groups in total. The van der Waals surface area contributed by atoms with Gasteiger partial charge in [0.1, 0.15) is 17.1 Å². The molecule has 0 atom stereocenters. The largest absolute Gasteiger partial charge is 0.507 e. The molecule has 0 heterocycles. The third-order valence-electron chi connectivity index (χ3n) is 5.23. The molecule has 0 unspecified atom stereocenters. The predicted octanol–water partition coefficient (Wildman–Crippen LogP) is 6.93. The highest BCUT2D eigenvalue weighted by atomic mass is 16.4. The molecule has 0 aliphatic heterocycles. The first-order chi connectivity index (χ1) is 13.8. The van der Waals surface area contributed by atoms with Gasteiger partial charge in [-0.05, 0) is 64.5 Å². The lowest BCUT2D eigenvalue weighted by molar-refractivity contribution is 0.0693. The number of benzene rings is 1. The molecule has 0 aliphatic carbocycles.